The van der Waals surface area contributed by atoms with Crippen LogP contribution in [0.5, 0.6) is 11.5 Å². The fourth-order valence-electron chi connectivity index (χ4n) is 2.09. The lowest BCUT2D eigenvalue weighted by atomic mass is 10.2. The standard InChI is InChI=1S/C19H22O3/c1-4-19(15(2)22-18-8-6-5-7-9-18)21-14-16-10-12-17(20-3)13-11-16/h4-13,15,19H,1,14H2,2-3H3/t15-,19?/m0/s1. The van der Waals surface area contributed by atoms with Crippen LogP contribution in [0.2, 0.25) is 0 Å². The monoisotopic (exact) mass is 298 g/mol. The van der Waals surface area contributed by atoms with Crippen molar-refractivity contribution >= 4 is 0 Å². The van der Waals surface area contributed by atoms with Gasteiger partial charge in [-0.1, -0.05) is 36.4 Å². The molecule has 0 aromatic heterocycles. The zero-order chi connectivity index (χ0) is 15.8. The fraction of sp³-hybridized carbons (Fsp3) is 0.263. The molecular formula is C19H22O3. The van der Waals surface area contributed by atoms with Crippen molar-refractivity contribution in [2.45, 2.75) is 25.7 Å². The highest BCUT2D eigenvalue weighted by atomic mass is 16.5. The summed E-state index contributed by atoms with van der Waals surface area (Å²) in [6.07, 6.45) is 1.48. The Morgan fingerprint density at radius 3 is 2.27 bits per heavy atom. The predicted octanol–water partition coefficient (Wildman–Crippen LogP) is 4.23. The molecule has 0 heterocycles. The van der Waals surface area contributed by atoms with E-state index in [9.17, 15) is 0 Å². The molecule has 3 heteroatoms. The van der Waals surface area contributed by atoms with Crippen molar-refractivity contribution in [1.82, 2.24) is 0 Å². The lowest BCUT2D eigenvalue weighted by Gasteiger charge is -2.22. The van der Waals surface area contributed by atoms with Crippen molar-refractivity contribution in [3.05, 3.63) is 72.8 Å². The SMILES string of the molecule is C=CC(OCc1ccc(OC)cc1)[C@H](C)Oc1ccccc1. The molecule has 0 amide bonds. The Hall–Kier alpha value is -2.26. The normalized spacial score (nSPS) is 13.2. The minimum atomic E-state index is -0.178. The van der Waals surface area contributed by atoms with E-state index in [0.717, 1.165) is 17.1 Å². The maximum absolute atomic E-state index is 5.90. The zero-order valence-corrected chi connectivity index (χ0v) is 13.1. The Labute approximate surface area is 132 Å². The van der Waals surface area contributed by atoms with Gasteiger partial charge in [-0.15, -0.1) is 6.58 Å². The summed E-state index contributed by atoms with van der Waals surface area (Å²) in [6, 6.07) is 17.5. The number of hydrogen-bond donors (Lipinski definition) is 0. The molecule has 0 aliphatic rings. The fourth-order valence-corrected chi connectivity index (χ4v) is 2.09. The van der Waals surface area contributed by atoms with Gasteiger partial charge in [-0.25, -0.2) is 0 Å². The van der Waals surface area contributed by atoms with Gasteiger partial charge in [0.15, 0.2) is 0 Å². The van der Waals surface area contributed by atoms with Crippen molar-refractivity contribution in [2.24, 2.45) is 0 Å². The van der Waals surface area contributed by atoms with Crippen LogP contribution in [0.25, 0.3) is 0 Å². The van der Waals surface area contributed by atoms with E-state index in [1.54, 1.807) is 13.2 Å². The number of para-hydroxylation sites is 1. The van der Waals surface area contributed by atoms with Crippen LogP contribution in [0.15, 0.2) is 67.3 Å². The summed E-state index contributed by atoms with van der Waals surface area (Å²) in [5.41, 5.74) is 1.08. The van der Waals surface area contributed by atoms with Crippen LogP contribution in [0, 0.1) is 0 Å². The average Bonchev–Trinajstić information content (AvgIpc) is 2.57. The molecule has 0 N–H and O–H groups in total. The van der Waals surface area contributed by atoms with Crippen LogP contribution in [0.1, 0.15) is 12.5 Å². The molecule has 0 radical (unpaired) electrons. The third-order valence-corrected chi connectivity index (χ3v) is 3.36. The van der Waals surface area contributed by atoms with Crippen molar-refractivity contribution in [3.63, 3.8) is 0 Å². The molecule has 0 saturated carbocycles. The number of hydrogen-bond acceptors (Lipinski definition) is 3. The summed E-state index contributed by atoms with van der Waals surface area (Å²) in [5.74, 6) is 1.67. The van der Waals surface area contributed by atoms with Crippen LogP contribution < -0.4 is 9.47 Å². The number of ether oxygens (including phenoxy) is 3. The van der Waals surface area contributed by atoms with Crippen LogP contribution in [-0.4, -0.2) is 19.3 Å². The third-order valence-electron chi connectivity index (χ3n) is 3.36. The molecule has 0 aliphatic carbocycles. The molecule has 2 aromatic rings. The highest BCUT2D eigenvalue weighted by molar-refractivity contribution is 5.26. The maximum atomic E-state index is 5.90. The molecule has 3 nitrogen and oxygen atoms in total. The maximum Gasteiger partial charge on any atom is 0.126 e. The van der Waals surface area contributed by atoms with Crippen LogP contribution in [0.4, 0.5) is 0 Å². The molecule has 22 heavy (non-hydrogen) atoms. The molecule has 2 rings (SSSR count). The minimum Gasteiger partial charge on any atom is -0.497 e. The minimum absolute atomic E-state index is 0.113. The second-order valence-electron chi connectivity index (χ2n) is 5.00. The van der Waals surface area contributed by atoms with E-state index in [-0.39, 0.29) is 12.2 Å². The molecular weight excluding hydrogens is 276 g/mol. The predicted molar refractivity (Wildman–Crippen MR) is 88.3 cm³/mol. The molecule has 0 bridgehead atoms. The number of methoxy groups -OCH3 is 1. The van der Waals surface area contributed by atoms with Crippen LogP contribution in [0.3, 0.4) is 0 Å². The highest BCUT2D eigenvalue weighted by Gasteiger charge is 2.16. The van der Waals surface area contributed by atoms with Crippen LogP contribution >= 0.6 is 0 Å². The van der Waals surface area contributed by atoms with Gasteiger partial charge >= 0.3 is 0 Å². The van der Waals surface area contributed by atoms with E-state index >= 15 is 0 Å². The Morgan fingerprint density at radius 1 is 1.00 bits per heavy atom. The van der Waals surface area contributed by atoms with Gasteiger partial charge in [0.1, 0.15) is 23.7 Å². The lowest BCUT2D eigenvalue weighted by molar-refractivity contribution is 0.000956. The molecule has 0 fully saturated rings. The van der Waals surface area contributed by atoms with E-state index in [4.69, 9.17) is 14.2 Å². The molecule has 116 valence electrons. The summed E-state index contributed by atoms with van der Waals surface area (Å²) in [4.78, 5) is 0. The summed E-state index contributed by atoms with van der Waals surface area (Å²) >= 11 is 0. The van der Waals surface area contributed by atoms with E-state index in [1.165, 1.54) is 0 Å². The Kier molecular flexibility index (Phi) is 6.04. The van der Waals surface area contributed by atoms with Crippen LogP contribution in [-0.2, 0) is 11.3 Å². The summed E-state index contributed by atoms with van der Waals surface area (Å²) < 4.78 is 16.9. The van der Waals surface area contributed by atoms with Crippen molar-refractivity contribution in [1.29, 1.82) is 0 Å². The van der Waals surface area contributed by atoms with Crippen molar-refractivity contribution in [3.8, 4) is 11.5 Å². The van der Waals surface area contributed by atoms with E-state index < -0.39 is 0 Å². The highest BCUT2D eigenvalue weighted by Crippen LogP contribution is 2.17. The summed E-state index contributed by atoms with van der Waals surface area (Å²) in [6.45, 7) is 6.32. The van der Waals surface area contributed by atoms with Gasteiger partial charge in [0.25, 0.3) is 0 Å². The molecule has 2 aromatic carbocycles. The Balaban J connectivity index is 1.89. The first kappa shape index (κ1) is 16.1. The first-order chi connectivity index (χ1) is 10.7. The summed E-state index contributed by atoms with van der Waals surface area (Å²) in [5, 5.41) is 0. The van der Waals surface area contributed by atoms with E-state index in [2.05, 4.69) is 6.58 Å². The van der Waals surface area contributed by atoms with Gasteiger partial charge in [-0.3, -0.25) is 0 Å². The first-order valence-corrected chi connectivity index (χ1v) is 7.31. The Bertz CT molecular complexity index is 563. The Morgan fingerprint density at radius 2 is 1.68 bits per heavy atom. The molecule has 0 spiro atoms. The van der Waals surface area contributed by atoms with Gasteiger partial charge in [0, 0.05) is 0 Å². The largest absolute Gasteiger partial charge is 0.497 e. The third kappa shape index (κ3) is 4.64. The van der Waals surface area contributed by atoms with Gasteiger partial charge in [-0.2, -0.15) is 0 Å². The lowest BCUT2D eigenvalue weighted by Crippen LogP contribution is -2.29. The molecule has 0 aliphatic heterocycles. The van der Waals surface area contributed by atoms with Crippen molar-refractivity contribution < 1.29 is 14.2 Å². The molecule has 0 saturated heterocycles. The quantitative estimate of drug-likeness (QED) is 0.682. The molecule has 2 atom stereocenters. The van der Waals surface area contributed by atoms with E-state index in [0.29, 0.717) is 6.61 Å². The average molecular weight is 298 g/mol. The second-order valence-corrected chi connectivity index (χ2v) is 5.00. The van der Waals surface area contributed by atoms with Gasteiger partial charge in [0.2, 0.25) is 0 Å². The number of benzene rings is 2. The van der Waals surface area contributed by atoms with Gasteiger partial charge < -0.3 is 14.2 Å². The molecule has 1 unspecified atom stereocenters. The van der Waals surface area contributed by atoms with Crippen molar-refractivity contribution in [2.75, 3.05) is 7.11 Å². The first-order valence-electron chi connectivity index (χ1n) is 7.31. The summed E-state index contributed by atoms with van der Waals surface area (Å²) in [7, 11) is 1.65. The zero-order valence-electron chi connectivity index (χ0n) is 13.1. The topological polar surface area (TPSA) is 27.7 Å². The van der Waals surface area contributed by atoms with Gasteiger partial charge in [0.05, 0.1) is 13.7 Å². The second kappa shape index (κ2) is 8.25. The van der Waals surface area contributed by atoms with E-state index in [1.807, 2.05) is 61.5 Å². The van der Waals surface area contributed by atoms with Gasteiger partial charge in [-0.05, 0) is 36.8 Å². The smallest absolute Gasteiger partial charge is 0.126 e. The number of rotatable bonds is 8.